The zero-order valence-corrected chi connectivity index (χ0v) is 15.8. The maximum Gasteiger partial charge on any atom is 0.266 e. The maximum atomic E-state index is 13.1. The lowest BCUT2D eigenvalue weighted by Crippen LogP contribution is -2.22. The number of hydrogen-bond acceptors (Lipinski definition) is 3. The Bertz CT molecular complexity index is 1210. The van der Waals surface area contributed by atoms with E-state index in [1.165, 1.54) is 4.57 Å². The first-order valence-corrected chi connectivity index (χ1v) is 9.16. The van der Waals surface area contributed by atoms with Crippen molar-refractivity contribution < 1.29 is 5.11 Å². The van der Waals surface area contributed by atoms with E-state index in [4.69, 9.17) is 0 Å². The van der Waals surface area contributed by atoms with Crippen molar-refractivity contribution in [3.05, 3.63) is 99.0 Å². The molecule has 0 aliphatic carbocycles. The van der Waals surface area contributed by atoms with E-state index >= 15 is 0 Å². The van der Waals surface area contributed by atoms with E-state index in [-0.39, 0.29) is 11.3 Å². The molecule has 0 atom stereocenters. The fourth-order valence-electron chi connectivity index (χ4n) is 2.89. The van der Waals surface area contributed by atoms with Crippen molar-refractivity contribution in [3.63, 3.8) is 0 Å². The van der Waals surface area contributed by atoms with Gasteiger partial charge in [-0.15, -0.1) is 0 Å². The van der Waals surface area contributed by atoms with Crippen LogP contribution in [0, 0.1) is 0 Å². The van der Waals surface area contributed by atoms with Crippen LogP contribution in [-0.4, -0.2) is 14.7 Å². The highest BCUT2D eigenvalue weighted by Gasteiger charge is 2.11. The molecule has 5 heteroatoms. The largest absolute Gasteiger partial charge is 0.508 e. The summed E-state index contributed by atoms with van der Waals surface area (Å²) in [5.74, 6) is 0.586. The lowest BCUT2D eigenvalue weighted by molar-refractivity contribution is 0.475. The van der Waals surface area contributed by atoms with Gasteiger partial charge in [0, 0.05) is 10.5 Å². The van der Waals surface area contributed by atoms with Gasteiger partial charge >= 0.3 is 0 Å². The van der Waals surface area contributed by atoms with Crippen LogP contribution < -0.4 is 5.56 Å². The van der Waals surface area contributed by atoms with Crippen LogP contribution in [0.1, 0.15) is 11.4 Å². The second kappa shape index (κ2) is 7.21. The number of aromatic hydroxyl groups is 1. The van der Waals surface area contributed by atoms with Crippen LogP contribution in [0.5, 0.6) is 5.75 Å². The van der Waals surface area contributed by atoms with E-state index in [1.54, 1.807) is 36.4 Å². The Labute approximate surface area is 164 Å². The minimum absolute atomic E-state index is 0.0930. The number of halogens is 1. The standard InChI is InChI=1S/C22H15BrN2O2/c23-16-11-8-15(9-12-16)10-13-21-24-20-7-2-1-6-19(20)22(27)25(21)17-4-3-5-18(26)14-17/h1-14,26H. The van der Waals surface area contributed by atoms with Gasteiger partial charge in [0.05, 0.1) is 16.6 Å². The van der Waals surface area contributed by atoms with Crippen molar-refractivity contribution in [3.8, 4) is 11.4 Å². The zero-order chi connectivity index (χ0) is 18.8. The third-order valence-electron chi connectivity index (χ3n) is 4.18. The average molecular weight is 419 g/mol. The van der Waals surface area contributed by atoms with E-state index in [2.05, 4.69) is 20.9 Å². The minimum atomic E-state index is -0.179. The molecule has 0 amide bonds. The SMILES string of the molecule is O=c1c2ccccc2nc(C=Cc2ccc(Br)cc2)n1-c1cccc(O)c1. The van der Waals surface area contributed by atoms with E-state index in [9.17, 15) is 9.90 Å². The highest BCUT2D eigenvalue weighted by atomic mass is 79.9. The molecule has 0 bridgehead atoms. The highest BCUT2D eigenvalue weighted by Crippen LogP contribution is 2.19. The molecule has 4 nitrogen and oxygen atoms in total. The Kier molecular flexibility index (Phi) is 4.60. The zero-order valence-electron chi connectivity index (χ0n) is 14.2. The van der Waals surface area contributed by atoms with Crippen molar-refractivity contribution in [1.82, 2.24) is 9.55 Å². The van der Waals surface area contributed by atoms with Gasteiger partial charge in [0.15, 0.2) is 0 Å². The molecule has 0 saturated carbocycles. The molecule has 0 saturated heterocycles. The van der Waals surface area contributed by atoms with E-state index < -0.39 is 0 Å². The molecule has 132 valence electrons. The van der Waals surface area contributed by atoms with Crippen molar-refractivity contribution in [2.45, 2.75) is 0 Å². The number of nitrogens with zero attached hydrogens (tertiary/aromatic N) is 2. The molecular formula is C22H15BrN2O2. The Morgan fingerprint density at radius 1 is 0.926 bits per heavy atom. The lowest BCUT2D eigenvalue weighted by Gasteiger charge is -2.11. The Morgan fingerprint density at radius 2 is 1.70 bits per heavy atom. The first-order valence-electron chi connectivity index (χ1n) is 8.37. The number of fused-ring (bicyclic) bond motifs is 1. The Hall–Kier alpha value is -3.18. The predicted molar refractivity (Wildman–Crippen MR) is 112 cm³/mol. The molecule has 0 radical (unpaired) electrons. The fraction of sp³-hybridized carbons (Fsp3) is 0. The van der Waals surface area contributed by atoms with Crippen molar-refractivity contribution in [2.75, 3.05) is 0 Å². The van der Waals surface area contributed by atoms with Gasteiger partial charge in [-0.1, -0.05) is 52.3 Å². The van der Waals surface area contributed by atoms with Crippen LogP contribution in [0.25, 0.3) is 28.7 Å². The lowest BCUT2D eigenvalue weighted by atomic mass is 10.2. The summed E-state index contributed by atoms with van der Waals surface area (Å²) < 4.78 is 2.51. The van der Waals surface area contributed by atoms with Crippen LogP contribution in [0.4, 0.5) is 0 Å². The number of rotatable bonds is 3. The second-order valence-electron chi connectivity index (χ2n) is 6.03. The van der Waals surface area contributed by atoms with Crippen molar-refractivity contribution >= 4 is 39.0 Å². The molecule has 0 aliphatic rings. The topological polar surface area (TPSA) is 55.1 Å². The molecule has 0 fully saturated rings. The molecule has 4 rings (SSSR count). The quantitative estimate of drug-likeness (QED) is 0.507. The first kappa shape index (κ1) is 17.2. The van der Waals surface area contributed by atoms with Crippen molar-refractivity contribution in [1.29, 1.82) is 0 Å². The van der Waals surface area contributed by atoms with Crippen LogP contribution in [0.3, 0.4) is 0 Å². The van der Waals surface area contributed by atoms with E-state index in [0.29, 0.717) is 22.4 Å². The molecule has 1 heterocycles. The van der Waals surface area contributed by atoms with Crippen LogP contribution >= 0.6 is 15.9 Å². The second-order valence-corrected chi connectivity index (χ2v) is 6.95. The predicted octanol–water partition coefficient (Wildman–Crippen LogP) is 5.02. The summed E-state index contributed by atoms with van der Waals surface area (Å²) >= 11 is 3.42. The summed E-state index contributed by atoms with van der Waals surface area (Å²) in [7, 11) is 0. The first-order chi connectivity index (χ1) is 13.1. The van der Waals surface area contributed by atoms with Gasteiger partial charge in [-0.25, -0.2) is 4.98 Å². The summed E-state index contributed by atoms with van der Waals surface area (Å²) in [6, 6.07) is 21.7. The third-order valence-corrected chi connectivity index (χ3v) is 4.71. The number of phenols is 1. The van der Waals surface area contributed by atoms with Crippen LogP contribution in [0.15, 0.2) is 82.1 Å². The molecule has 0 aliphatic heterocycles. The molecule has 27 heavy (non-hydrogen) atoms. The van der Waals surface area contributed by atoms with Crippen molar-refractivity contribution in [2.24, 2.45) is 0 Å². The van der Waals surface area contributed by atoms with Gasteiger partial charge < -0.3 is 5.11 Å². The summed E-state index contributed by atoms with van der Waals surface area (Å²) in [4.78, 5) is 17.8. The number of para-hydroxylation sites is 1. The van der Waals surface area contributed by atoms with Gasteiger partial charge in [0.25, 0.3) is 5.56 Å². The minimum Gasteiger partial charge on any atom is -0.508 e. The normalized spacial score (nSPS) is 11.3. The summed E-state index contributed by atoms with van der Waals surface area (Å²) in [6.07, 6.45) is 3.71. The number of aromatic nitrogens is 2. The molecule has 0 spiro atoms. The Morgan fingerprint density at radius 3 is 2.48 bits per heavy atom. The fourth-order valence-corrected chi connectivity index (χ4v) is 3.15. The van der Waals surface area contributed by atoms with Gasteiger partial charge in [0.1, 0.15) is 11.6 Å². The molecular weight excluding hydrogens is 404 g/mol. The summed E-state index contributed by atoms with van der Waals surface area (Å²) in [5.41, 5.74) is 2.01. The number of hydrogen-bond donors (Lipinski definition) is 1. The van der Waals surface area contributed by atoms with E-state index in [0.717, 1.165) is 10.0 Å². The van der Waals surface area contributed by atoms with Gasteiger partial charge in [-0.2, -0.15) is 0 Å². The monoisotopic (exact) mass is 418 g/mol. The summed E-state index contributed by atoms with van der Waals surface area (Å²) in [6.45, 7) is 0. The maximum absolute atomic E-state index is 13.1. The van der Waals surface area contributed by atoms with Crippen LogP contribution in [-0.2, 0) is 0 Å². The van der Waals surface area contributed by atoms with Gasteiger partial charge in [0.2, 0.25) is 0 Å². The summed E-state index contributed by atoms with van der Waals surface area (Å²) in [5, 5.41) is 10.4. The Balaban J connectivity index is 1.93. The molecule has 1 N–H and O–H groups in total. The smallest absolute Gasteiger partial charge is 0.266 e. The molecule has 1 aromatic heterocycles. The van der Waals surface area contributed by atoms with Gasteiger partial charge in [-0.05, 0) is 48.0 Å². The average Bonchev–Trinajstić information content (AvgIpc) is 2.68. The number of phenolic OH excluding ortho intramolecular Hbond substituents is 1. The van der Waals surface area contributed by atoms with E-state index in [1.807, 2.05) is 48.5 Å². The third kappa shape index (κ3) is 3.55. The molecule has 3 aromatic carbocycles. The molecule has 4 aromatic rings. The highest BCUT2D eigenvalue weighted by molar-refractivity contribution is 9.10. The van der Waals surface area contributed by atoms with Gasteiger partial charge in [-0.3, -0.25) is 9.36 Å². The van der Waals surface area contributed by atoms with Crippen LogP contribution in [0.2, 0.25) is 0 Å². The number of benzene rings is 3. The molecule has 0 unspecified atom stereocenters.